The Balaban J connectivity index is 4.28. The molecule has 0 bridgehead atoms. The maximum absolute atomic E-state index is 12.9. The van der Waals surface area contributed by atoms with Crippen LogP contribution in [0.5, 0.6) is 0 Å². The third-order valence-electron chi connectivity index (χ3n) is 3.23. The van der Waals surface area contributed by atoms with Crippen LogP contribution in [0.4, 0.5) is 3.89 Å². The van der Waals surface area contributed by atoms with Crippen molar-refractivity contribution in [1.29, 1.82) is 0 Å². The lowest BCUT2D eigenvalue weighted by molar-refractivity contribution is 0.0313. The van der Waals surface area contributed by atoms with Crippen LogP contribution in [0.15, 0.2) is 0 Å². The van der Waals surface area contributed by atoms with Crippen LogP contribution in [0, 0.1) is 10.8 Å². The van der Waals surface area contributed by atoms with Gasteiger partial charge in [0.2, 0.25) is 0 Å². The van der Waals surface area contributed by atoms with Crippen LogP contribution in [0.3, 0.4) is 0 Å². The SMILES string of the molecule is CC(C)(O)CC(C)(C)CNCC(C)(C)CC(C)(C)SF. The van der Waals surface area contributed by atoms with Gasteiger partial charge in [0.25, 0.3) is 0 Å². The standard InChI is InChI=1S/C16H34FNOS/c1-13(2,9-15(5,6)19)11-18-12-14(3,4)10-16(7,8)20-17/h18-19H,9-12H2,1-8H3. The molecule has 0 aliphatic heterocycles. The molecule has 0 fully saturated rings. The van der Waals surface area contributed by atoms with Gasteiger partial charge in [-0.2, -0.15) is 3.89 Å². The zero-order chi connectivity index (χ0) is 16.2. The highest BCUT2D eigenvalue weighted by atomic mass is 32.2. The molecule has 0 aromatic carbocycles. The van der Waals surface area contributed by atoms with Gasteiger partial charge in [0.15, 0.2) is 0 Å². The monoisotopic (exact) mass is 307 g/mol. The van der Waals surface area contributed by atoms with Gasteiger partial charge in [-0.25, -0.2) is 0 Å². The lowest BCUT2D eigenvalue weighted by Gasteiger charge is -2.35. The Morgan fingerprint density at radius 1 is 0.850 bits per heavy atom. The zero-order valence-electron chi connectivity index (χ0n) is 14.6. The molecule has 20 heavy (non-hydrogen) atoms. The number of rotatable bonds is 9. The van der Waals surface area contributed by atoms with E-state index in [2.05, 4.69) is 33.0 Å². The molecule has 0 saturated heterocycles. The maximum atomic E-state index is 12.9. The quantitative estimate of drug-likeness (QED) is 0.654. The van der Waals surface area contributed by atoms with Crippen LogP contribution in [-0.2, 0) is 0 Å². The van der Waals surface area contributed by atoms with Gasteiger partial charge in [-0.15, -0.1) is 0 Å². The third kappa shape index (κ3) is 10.0. The summed E-state index contributed by atoms with van der Waals surface area (Å²) < 4.78 is 12.5. The molecule has 0 aliphatic rings. The first-order valence-corrected chi connectivity index (χ1v) is 8.13. The second kappa shape index (κ2) is 6.97. The molecule has 4 heteroatoms. The minimum atomic E-state index is -0.645. The summed E-state index contributed by atoms with van der Waals surface area (Å²) in [5.41, 5.74) is -0.556. The van der Waals surface area contributed by atoms with Crippen LogP contribution in [0.2, 0.25) is 0 Å². The Labute approximate surface area is 129 Å². The maximum Gasteiger partial charge on any atom is 0.0597 e. The minimum Gasteiger partial charge on any atom is -0.390 e. The number of hydrogen-bond acceptors (Lipinski definition) is 3. The molecule has 0 aromatic rings. The van der Waals surface area contributed by atoms with E-state index in [-0.39, 0.29) is 15.6 Å². The summed E-state index contributed by atoms with van der Waals surface area (Å²) in [5, 5.41) is 13.4. The molecule has 0 spiro atoms. The number of hydrogen-bond donors (Lipinski definition) is 2. The molecule has 0 unspecified atom stereocenters. The molecule has 0 radical (unpaired) electrons. The summed E-state index contributed by atoms with van der Waals surface area (Å²) in [5.74, 6) is 0. The summed E-state index contributed by atoms with van der Waals surface area (Å²) >= 11 is 0.440. The first kappa shape index (κ1) is 20.2. The molecule has 0 heterocycles. The summed E-state index contributed by atoms with van der Waals surface area (Å²) in [6.45, 7) is 17.9. The predicted octanol–water partition coefficient (Wildman–Crippen LogP) is 4.58. The summed E-state index contributed by atoms with van der Waals surface area (Å²) in [4.78, 5) is 0. The van der Waals surface area contributed by atoms with Gasteiger partial charge in [-0.1, -0.05) is 27.7 Å². The Kier molecular flexibility index (Phi) is 7.04. The van der Waals surface area contributed by atoms with Gasteiger partial charge >= 0.3 is 0 Å². The van der Waals surface area contributed by atoms with Crippen molar-refractivity contribution >= 4 is 12.1 Å². The minimum absolute atomic E-state index is 0.0404. The van der Waals surface area contributed by atoms with Gasteiger partial charge < -0.3 is 10.4 Å². The van der Waals surface area contributed by atoms with Crippen molar-refractivity contribution in [2.24, 2.45) is 10.8 Å². The Morgan fingerprint density at radius 3 is 1.60 bits per heavy atom. The average molecular weight is 308 g/mol. The number of aliphatic hydroxyl groups is 1. The lowest BCUT2D eigenvalue weighted by atomic mass is 9.80. The molecule has 0 saturated carbocycles. The summed E-state index contributed by atoms with van der Waals surface area (Å²) in [7, 11) is 0. The summed E-state index contributed by atoms with van der Waals surface area (Å²) in [6, 6.07) is 0. The Morgan fingerprint density at radius 2 is 1.25 bits per heavy atom. The van der Waals surface area contributed by atoms with Crippen molar-refractivity contribution < 1.29 is 8.99 Å². The van der Waals surface area contributed by atoms with E-state index in [9.17, 15) is 8.99 Å². The van der Waals surface area contributed by atoms with Crippen LogP contribution in [0.1, 0.15) is 68.2 Å². The fraction of sp³-hybridized carbons (Fsp3) is 1.00. The van der Waals surface area contributed by atoms with Gasteiger partial charge in [0.1, 0.15) is 0 Å². The highest BCUT2D eigenvalue weighted by Crippen LogP contribution is 2.37. The largest absolute Gasteiger partial charge is 0.390 e. The molecule has 2 N–H and O–H groups in total. The second-order valence-corrected chi connectivity index (χ2v) is 10.2. The molecule has 122 valence electrons. The van der Waals surface area contributed by atoms with E-state index in [1.807, 2.05) is 27.7 Å². The van der Waals surface area contributed by atoms with E-state index in [0.29, 0.717) is 12.1 Å². The van der Waals surface area contributed by atoms with Crippen molar-refractivity contribution in [1.82, 2.24) is 5.32 Å². The Bertz CT molecular complexity index is 295. The first-order valence-electron chi connectivity index (χ1n) is 7.41. The average Bonchev–Trinajstić information content (AvgIpc) is 2.10. The van der Waals surface area contributed by atoms with Crippen LogP contribution >= 0.6 is 12.1 Å². The number of nitrogens with one attached hydrogen (secondary N) is 1. The van der Waals surface area contributed by atoms with Gasteiger partial charge in [-0.05, 0) is 51.4 Å². The molecule has 0 amide bonds. The molecule has 0 rings (SSSR count). The third-order valence-corrected chi connectivity index (χ3v) is 3.79. The molecule has 0 aliphatic carbocycles. The highest BCUT2D eigenvalue weighted by Gasteiger charge is 2.31. The Hall–Kier alpha value is 0.200. The first-order chi connectivity index (χ1) is 8.68. The van der Waals surface area contributed by atoms with Crippen molar-refractivity contribution in [2.75, 3.05) is 13.1 Å². The second-order valence-electron chi connectivity index (χ2n) is 8.93. The van der Waals surface area contributed by atoms with E-state index in [0.717, 1.165) is 25.9 Å². The molecular formula is C16H34FNOS. The van der Waals surface area contributed by atoms with E-state index in [1.165, 1.54) is 0 Å². The predicted molar refractivity (Wildman–Crippen MR) is 88.7 cm³/mol. The van der Waals surface area contributed by atoms with E-state index < -0.39 is 5.60 Å². The van der Waals surface area contributed by atoms with Gasteiger partial charge in [0, 0.05) is 17.8 Å². The highest BCUT2D eigenvalue weighted by molar-refractivity contribution is 7.95. The zero-order valence-corrected chi connectivity index (χ0v) is 15.4. The lowest BCUT2D eigenvalue weighted by Crippen LogP contribution is -2.41. The fourth-order valence-corrected chi connectivity index (χ4v) is 3.66. The van der Waals surface area contributed by atoms with Crippen LogP contribution < -0.4 is 5.32 Å². The van der Waals surface area contributed by atoms with Crippen molar-refractivity contribution in [3.63, 3.8) is 0 Å². The topological polar surface area (TPSA) is 32.3 Å². The molecule has 2 nitrogen and oxygen atoms in total. The van der Waals surface area contributed by atoms with Crippen molar-refractivity contribution in [3.8, 4) is 0 Å². The van der Waals surface area contributed by atoms with Gasteiger partial charge in [-0.3, -0.25) is 0 Å². The van der Waals surface area contributed by atoms with Crippen LogP contribution in [0.25, 0.3) is 0 Å². The molecule has 0 atom stereocenters. The van der Waals surface area contributed by atoms with Crippen molar-refractivity contribution in [3.05, 3.63) is 0 Å². The molecule has 0 aromatic heterocycles. The van der Waals surface area contributed by atoms with E-state index in [1.54, 1.807) is 0 Å². The normalized spacial score (nSPS) is 14.7. The molecular weight excluding hydrogens is 273 g/mol. The number of halogens is 1. The van der Waals surface area contributed by atoms with E-state index >= 15 is 0 Å². The van der Waals surface area contributed by atoms with Crippen molar-refractivity contribution in [2.45, 2.75) is 78.6 Å². The fourth-order valence-electron chi connectivity index (χ4n) is 3.22. The van der Waals surface area contributed by atoms with Crippen LogP contribution in [-0.4, -0.2) is 28.5 Å². The van der Waals surface area contributed by atoms with E-state index in [4.69, 9.17) is 0 Å². The van der Waals surface area contributed by atoms with Gasteiger partial charge in [0.05, 0.1) is 17.7 Å². The smallest absolute Gasteiger partial charge is 0.0597 e. The summed E-state index contributed by atoms with van der Waals surface area (Å²) in [6.07, 6.45) is 1.57.